The Hall–Kier alpha value is -6.34. The van der Waals surface area contributed by atoms with Gasteiger partial charge in [-0.3, -0.25) is 24.0 Å². The lowest BCUT2D eigenvalue weighted by atomic mass is 9.88. The van der Waals surface area contributed by atoms with E-state index >= 15 is 0 Å². The van der Waals surface area contributed by atoms with E-state index in [0.29, 0.717) is 56.5 Å². The number of rotatable bonds is 18. The van der Waals surface area contributed by atoms with Crippen LogP contribution in [0.2, 0.25) is 0 Å². The standard InChI is InChI=1S/C51H62N8O7/c1-30-25-43(62)47(59(5)50(64)36(16-20-53)29-42(61)46-31(2)56-48(57-32(46)3)34-9-12-37(13-10-34)51(4)17-18-51)35-11-15-45(66-24-22-55)39(28-35)38-26-33(8-14-44(38)65-23-21-54)27-40(58-49(30)63)41(60)7-6-19-52/h8-15,26,28,30,36,40,47H,6-7,16-18,20-25,27,29,53-55H2,1-5H3,(H,58,63)/t30-,36-,40+,47+/m1/s1. The van der Waals surface area contributed by atoms with Gasteiger partial charge in [0.2, 0.25) is 11.8 Å². The zero-order chi connectivity index (χ0) is 47.7. The summed E-state index contributed by atoms with van der Waals surface area (Å²) < 4.78 is 12.3. The smallest absolute Gasteiger partial charge is 0.226 e. The van der Waals surface area contributed by atoms with Crippen LogP contribution in [0.5, 0.6) is 11.5 Å². The van der Waals surface area contributed by atoms with Gasteiger partial charge in [0.15, 0.2) is 23.2 Å². The Morgan fingerprint density at radius 1 is 0.894 bits per heavy atom. The van der Waals surface area contributed by atoms with Crippen LogP contribution >= 0.6 is 0 Å². The Labute approximate surface area is 386 Å². The summed E-state index contributed by atoms with van der Waals surface area (Å²) in [7, 11) is 1.51. The Bertz CT molecular complexity index is 2470. The molecule has 1 aliphatic heterocycles. The van der Waals surface area contributed by atoms with Crippen LogP contribution in [0.25, 0.3) is 22.5 Å². The Morgan fingerprint density at radius 2 is 1.52 bits per heavy atom. The Kier molecular flexibility index (Phi) is 16.2. The van der Waals surface area contributed by atoms with Crippen molar-refractivity contribution in [3.8, 4) is 40.1 Å². The molecule has 2 aliphatic rings. The first-order chi connectivity index (χ1) is 31.6. The third kappa shape index (κ3) is 11.4. The van der Waals surface area contributed by atoms with Crippen LogP contribution in [0.4, 0.5) is 0 Å². The molecule has 6 rings (SSSR count). The fraction of sp³-hybridized carbons (Fsp3) is 0.451. The zero-order valence-electron chi connectivity index (χ0n) is 38.7. The molecule has 2 heterocycles. The van der Waals surface area contributed by atoms with Crippen molar-refractivity contribution in [2.24, 2.45) is 29.0 Å². The molecule has 15 heteroatoms. The number of hydrogen-bond acceptors (Lipinski definition) is 13. The quantitative estimate of drug-likeness (QED) is 0.0915. The summed E-state index contributed by atoms with van der Waals surface area (Å²) in [5.74, 6) is -2.63. The lowest BCUT2D eigenvalue weighted by Crippen LogP contribution is -2.46. The molecule has 4 bridgehead atoms. The van der Waals surface area contributed by atoms with Crippen molar-refractivity contribution in [3.05, 3.63) is 94.3 Å². The summed E-state index contributed by atoms with van der Waals surface area (Å²) in [4.78, 5) is 81.9. The molecule has 1 aromatic heterocycles. The molecule has 2 amide bonds. The van der Waals surface area contributed by atoms with Gasteiger partial charge < -0.3 is 36.9 Å². The first kappa shape index (κ1) is 49.1. The van der Waals surface area contributed by atoms with Crippen LogP contribution in [0.3, 0.4) is 0 Å². The van der Waals surface area contributed by atoms with Crippen molar-refractivity contribution < 1.29 is 33.4 Å². The summed E-state index contributed by atoms with van der Waals surface area (Å²) in [5.41, 5.74) is 23.6. The van der Waals surface area contributed by atoms with Crippen LogP contribution in [0, 0.1) is 37.0 Å². The normalized spacial score (nSPS) is 18.3. The summed E-state index contributed by atoms with van der Waals surface area (Å²) in [6.07, 6.45) is 1.94. The molecule has 0 unspecified atom stereocenters. The minimum atomic E-state index is -1.24. The number of ether oxygens (including phenoxy) is 2. The van der Waals surface area contributed by atoms with E-state index in [1.807, 2.05) is 24.3 Å². The van der Waals surface area contributed by atoms with E-state index in [9.17, 15) is 29.2 Å². The molecule has 1 saturated carbocycles. The first-order valence-electron chi connectivity index (χ1n) is 22.7. The van der Waals surface area contributed by atoms with Gasteiger partial charge in [-0.15, -0.1) is 0 Å². The average Bonchev–Trinajstić information content (AvgIpc) is 4.06. The van der Waals surface area contributed by atoms with Crippen LogP contribution in [-0.4, -0.2) is 90.0 Å². The van der Waals surface area contributed by atoms with Gasteiger partial charge >= 0.3 is 0 Å². The van der Waals surface area contributed by atoms with E-state index in [2.05, 4.69) is 24.4 Å². The summed E-state index contributed by atoms with van der Waals surface area (Å²) >= 11 is 0. The number of ketones is 3. The number of nitrogens with two attached hydrogens (primary N) is 3. The molecule has 0 spiro atoms. The maximum atomic E-state index is 14.8. The van der Waals surface area contributed by atoms with Gasteiger partial charge in [-0.2, -0.15) is 5.26 Å². The lowest BCUT2D eigenvalue weighted by Gasteiger charge is -2.32. The number of aromatic nitrogens is 2. The second-order valence-electron chi connectivity index (χ2n) is 17.8. The topological polar surface area (TPSA) is 247 Å². The molecule has 66 heavy (non-hydrogen) atoms. The molecule has 0 saturated heterocycles. The summed E-state index contributed by atoms with van der Waals surface area (Å²) in [6, 6.07) is 18.5. The Morgan fingerprint density at radius 3 is 2.11 bits per heavy atom. The van der Waals surface area contributed by atoms with Crippen molar-refractivity contribution in [1.29, 1.82) is 5.26 Å². The molecule has 15 nitrogen and oxygen atoms in total. The van der Waals surface area contributed by atoms with E-state index in [1.54, 1.807) is 51.1 Å². The van der Waals surface area contributed by atoms with Crippen molar-refractivity contribution >= 4 is 29.2 Å². The van der Waals surface area contributed by atoms with Gasteiger partial charge in [0.05, 0.1) is 29.1 Å². The predicted octanol–water partition coefficient (Wildman–Crippen LogP) is 5.40. The van der Waals surface area contributed by atoms with E-state index in [1.165, 1.54) is 17.5 Å². The van der Waals surface area contributed by atoms with E-state index < -0.39 is 41.5 Å². The molecule has 4 aromatic rings. The maximum absolute atomic E-state index is 14.8. The summed E-state index contributed by atoms with van der Waals surface area (Å²) in [6.45, 7) is 8.21. The number of nitriles is 1. The number of Topliss-reactive ketones (excluding diaryl/α,β-unsaturated/α-hetero) is 3. The van der Waals surface area contributed by atoms with Gasteiger partial charge in [0.25, 0.3) is 0 Å². The van der Waals surface area contributed by atoms with Crippen LogP contribution in [0.15, 0.2) is 60.7 Å². The average molecular weight is 899 g/mol. The minimum absolute atomic E-state index is 0.0302. The number of carbonyl (C=O) groups is 5. The zero-order valence-corrected chi connectivity index (χ0v) is 38.7. The molecular formula is C51H62N8O7. The third-order valence-corrected chi connectivity index (χ3v) is 12.7. The van der Waals surface area contributed by atoms with Crippen molar-refractivity contribution in [3.63, 3.8) is 0 Å². The first-order valence-corrected chi connectivity index (χ1v) is 22.7. The minimum Gasteiger partial charge on any atom is -0.492 e. The fourth-order valence-corrected chi connectivity index (χ4v) is 8.71. The highest BCUT2D eigenvalue weighted by Gasteiger charge is 2.39. The fourth-order valence-electron chi connectivity index (χ4n) is 8.71. The molecule has 348 valence electrons. The second kappa shape index (κ2) is 21.8. The molecule has 0 radical (unpaired) electrons. The monoisotopic (exact) mass is 898 g/mol. The van der Waals surface area contributed by atoms with Crippen LogP contribution in [-0.2, 0) is 31.0 Å². The number of benzene rings is 3. The number of hydrogen-bond donors (Lipinski definition) is 4. The molecule has 7 N–H and O–H groups in total. The highest BCUT2D eigenvalue weighted by atomic mass is 16.5. The van der Waals surface area contributed by atoms with Gasteiger partial charge in [-0.25, -0.2) is 9.97 Å². The number of aryl methyl sites for hydroxylation is 2. The largest absolute Gasteiger partial charge is 0.492 e. The SMILES string of the molecule is Cc1nc(-c2ccc(C3(C)CC3)cc2)nc(C)c1C(=O)C[C@@H](CCN)C(=O)N(C)[C@@H]1C(=O)C[C@@H](C)C(=O)N[C@H](C(=O)CCC#N)Cc2ccc(OCCN)c(c2)-c2cc1ccc2OCCN. The molecule has 1 aliphatic carbocycles. The molecule has 1 fully saturated rings. The number of likely N-dealkylation sites (N-methyl/N-ethyl adjacent to an activating group) is 1. The van der Waals surface area contributed by atoms with Crippen LogP contribution < -0.4 is 32.0 Å². The lowest BCUT2D eigenvalue weighted by molar-refractivity contribution is -0.142. The second-order valence-corrected chi connectivity index (χ2v) is 17.8. The number of nitrogens with one attached hydrogen (secondary N) is 1. The van der Waals surface area contributed by atoms with Gasteiger partial charge in [0, 0.05) is 74.3 Å². The van der Waals surface area contributed by atoms with Gasteiger partial charge in [-0.1, -0.05) is 50.2 Å². The number of nitrogens with zero attached hydrogens (tertiary/aromatic N) is 4. The summed E-state index contributed by atoms with van der Waals surface area (Å²) in [5, 5.41) is 12.1. The highest BCUT2D eigenvalue weighted by Crippen LogP contribution is 2.48. The highest BCUT2D eigenvalue weighted by molar-refractivity contribution is 6.01. The van der Waals surface area contributed by atoms with Crippen molar-refractivity contribution in [2.75, 3.05) is 39.9 Å². The number of carbonyl (C=O) groups excluding carboxylic acids is 5. The maximum Gasteiger partial charge on any atom is 0.226 e. The van der Waals surface area contributed by atoms with E-state index in [-0.39, 0.29) is 88.4 Å². The Balaban J connectivity index is 1.38. The third-order valence-electron chi connectivity index (χ3n) is 12.7. The molecular weight excluding hydrogens is 837 g/mol. The predicted molar refractivity (Wildman–Crippen MR) is 250 cm³/mol. The van der Waals surface area contributed by atoms with Gasteiger partial charge in [0.1, 0.15) is 30.8 Å². The number of fused-ring (bicyclic) bond motifs is 5. The van der Waals surface area contributed by atoms with Gasteiger partial charge in [-0.05, 0) is 92.4 Å². The van der Waals surface area contributed by atoms with E-state index in [0.717, 1.165) is 18.4 Å². The molecule has 4 atom stereocenters. The van der Waals surface area contributed by atoms with Crippen LogP contribution in [0.1, 0.15) is 103 Å². The molecule has 3 aromatic carbocycles. The number of amides is 2. The van der Waals surface area contributed by atoms with E-state index in [4.69, 9.17) is 36.6 Å². The van der Waals surface area contributed by atoms with Crippen molar-refractivity contribution in [1.82, 2.24) is 20.2 Å². The van der Waals surface area contributed by atoms with Crippen molar-refractivity contribution in [2.45, 2.75) is 96.6 Å².